The lowest BCUT2D eigenvalue weighted by Crippen LogP contribution is -2.50. The Kier molecular flexibility index (Phi) is 7.66. The molecule has 2 aromatic rings. The Morgan fingerprint density at radius 3 is 2.17 bits per heavy atom. The summed E-state index contributed by atoms with van der Waals surface area (Å²) in [6.07, 6.45) is 5.15. The maximum Gasteiger partial charge on any atom is 0.248 e. The van der Waals surface area contributed by atoms with Crippen molar-refractivity contribution >= 4 is 29.3 Å². The average molecular weight is 406 g/mol. The van der Waals surface area contributed by atoms with Crippen molar-refractivity contribution in [3.8, 4) is 0 Å². The molecule has 1 heterocycles. The number of carbonyl (C=O) groups is 2. The molecule has 2 amide bonds. The standard InChI is InChI=1S/C25H31N3O2/c1-3-21(4-2)25(30)28-18-16-27(17-19-28)23-13-11-22(12-14-23)26-24(29)15-10-20-8-6-5-7-9-20/h5-15,21H,3-4,16-19H2,1-2H3,(H,26,29). The molecule has 0 atom stereocenters. The van der Waals surface area contributed by atoms with Gasteiger partial charge in [-0.05, 0) is 48.7 Å². The molecule has 1 N–H and O–H groups in total. The van der Waals surface area contributed by atoms with Gasteiger partial charge in [-0.3, -0.25) is 9.59 Å². The van der Waals surface area contributed by atoms with Crippen molar-refractivity contribution in [3.05, 3.63) is 66.2 Å². The molecule has 0 bridgehead atoms. The fourth-order valence-corrected chi connectivity index (χ4v) is 3.76. The third-order valence-electron chi connectivity index (χ3n) is 5.65. The van der Waals surface area contributed by atoms with Gasteiger partial charge in [0.15, 0.2) is 0 Å². The molecule has 0 aromatic heterocycles. The lowest BCUT2D eigenvalue weighted by atomic mass is 10.0. The molecule has 3 rings (SSSR count). The van der Waals surface area contributed by atoms with Crippen LogP contribution in [-0.4, -0.2) is 42.9 Å². The minimum atomic E-state index is -0.153. The second-order valence-corrected chi connectivity index (χ2v) is 7.61. The summed E-state index contributed by atoms with van der Waals surface area (Å²) >= 11 is 0. The van der Waals surface area contributed by atoms with Crippen LogP contribution in [-0.2, 0) is 9.59 Å². The van der Waals surface area contributed by atoms with Gasteiger partial charge in [-0.2, -0.15) is 0 Å². The number of benzene rings is 2. The SMILES string of the molecule is CCC(CC)C(=O)N1CCN(c2ccc(NC(=O)C=Cc3ccccc3)cc2)CC1. The zero-order chi connectivity index (χ0) is 21.3. The van der Waals surface area contributed by atoms with E-state index in [9.17, 15) is 9.59 Å². The number of nitrogens with one attached hydrogen (secondary N) is 1. The highest BCUT2D eigenvalue weighted by atomic mass is 16.2. The maximum atomic E-state index is 12.6. The fourth-order valence-electron chi connectivity index (χ4n) is 3.76. The number of rotatable bonds is 7. The summed E-state index contributed by atoms with van der Waals surface area (Å²) in [5, 5.41) is 2.89. The van der Waals surface area contributed by atoms with Gasteiger partial charge in [-0.1, -0.05) is 44.2 Å². The Hall–Kier alpha value is -3.08. The first-order valence-corrected chi connectivity index (χ1v) is 10.8. The fraction of sp³-hybridized carbons (Fsp3) is 0.360. The lowest BCUT2D eigenvalue weighted by molar-refractivity contribution is -0.136. The first-order chi connectivity index (χ1) is 14.6. The molecule has 1 fully saturated rings. The minimum absolute atomic E-state index is 0.149. The molecule has 0 saturated carbocycles. The van der Waals surface area contributed by atoms with Gasteiger partial charge in [0, 0.05) is 49.5 Å². The van der Waals surface area contributed by atoms with E-state index in [1.807, 2.05) is 59.5 Å². The quantitative estimate of drug-likeness (QED) is 0.694. The number of nitrogens with zero attached hydrogens (tertiary/aromatic N) is 2. The number of anilines is 2. The molecule has 1 aliphatic heterocycles. The zero-order valence-corrected chi connectivity index (χ0v) is 17.9. The molecule has 0 radical (unpaired) electrons. The van der Waals surface area contributed by atoms with Gasteiger partial charge in [0.2, 0.25) is 11.8 Å². The smallest absolute Gasteiger partial charge is 0.248 e. The highest BCUT2D eigenvalue weighted by Crippen LogP contribution is 2.21. The molecular weight excluding hydrogens is 374 g/mol. The van der Waals surface area contributed by atoms with Crippen molar-refractivity contribution in [2.45, 2.75) is 26.7 Å². The third-order valence-corrected chi connectivity index (χ3v) is 5.65. The van der Waals surface area contributed by atoms with Crippen LogP contribution in [0.4, 0.5) is 11.4 Å². The maximum absolute atomic E-state index is 12.6. The molecule has 158 valence electrons. The van der Waals surface area contributed by atoms with Crippen LogP contribution in [0.25, 0.3) is 6.08 Å². The highest BCUT2D eigenvalue weighted by Gasteiger charge is 2.25. The predicted molar refractivity (Wildman–Crippen MR) is 123 cm³/mol. The van der Waals surface area contributed by atoms with Crippen molar-refractivity contribution in [3.63, 3.8) is 0 Å². The summed E-state index contributed by atoms with van der Waals surface area (Å²) in [5.74, 6) is 0.289. The number of carbonyl (C=O) groups excluding carboxylic acids is 2. The van der Waals surface area contributed by atoms with Crippen LogP contribution in [0.5, 0.6) is 0 Å². The van der Waals surface area contributed by atoms with Crippen LogP contribution in [0.2, 0.25) is 0 Å². The van der Waals surface area contributed by atoms with Gasteiger partial charge in [-0.15, -0.1) is 0 Å². The molecule has 0 aliphatic carbocycles. The van der Waals surface area contributed by atoms with Crippen LogP contribution in [0.15, 0.2) is 60.7 Å². The molecule has 5 nitrogen and oxygen atoms in total. The largest absolute Gasteiger partial charge is 0.368 e. The monoisotopic (exact) mass is 405 g/mol. The predicted octanol–water partition coefficient (Wildman–Crippen LogP) is 4.42. The Morgan fingerprint density at radius 2 is 1.57 bits per heavy atom. The Labute approximate surface area is 179 Å². The number of hydrogen-bond donors (Lipinski definition) is 1. The normalized spacial score (nSPS) is 14.4. The molecule has 2 aromatic carbocycles. The molecule has 0 spiro atoms. The van der Waals surface area contributed by atoms with E-state index in [-0.39, 0.29) is 11.8 Å². The first-order valence-electron chi connectivity index (χ1n) is 10.8. The molecular formula is C25H31N3O2. The number of amides is 2. The number of piperazine rings is 1. The van der Waals surface area contributed by atoms with E-state index in [2.05, 4.69) is 24.1 Å². The highest BCUT2D eigenvalue weighted by molar-refractivity contribution is 6.02. The molecule has 1 saturated heterocycles. The van der Waals surface area contributed by atoms with Crippen LogP contribution in [0.3, 0.4) is 0 Å². The van der Waals surface area contributed by atoms with Gasteiger partial charge in [0.25, 0.3) is 0 Å². The van der Waals surface area contributed by atoms with Crippen molar-refractivity contribution in [2.24, 2.45) is 5.92 Å². The first kappa shape index (κ1) is 21.6. The van der Waals surface area contributed by atoms with Crippen molar-refractivity contribution in [1.82, 2.24) is 4.90 Å². The van der Waals surface area contributed by atoms with Crippen molar-refractivity contribution in [2.75, 3.05) is 36.4 Å². The zero-order valence-electron chi connectivity index (χ0n) is 17.9. The number of hydrogen-bond acceptors (Lipinski definition) is 3. The van der Waals surface area contributed by atoms with E-state index in [4.69, 9.17) is 0 Å². The van der Waals surface area contributed by atoms with Crippen molar-refractivity contribution in [1.29, 1.82) is 0 Å². The topological polar surface area (TPSA) is 52.7 Å². The third kappa shape index (κ3) is 5.72. The molecule has 0 unspecified atom stereocenters. The van der Waals surface area contributed by atoms with Gasteiger partial charge in [0.05, 0.1) is 0 Å². The van der Waals surface area contributed by atoms with Crippen LogP contribution in [0.1, 0.15) is 32.3 Å². The van der Waals surface area contributed by atoms with E-state index in [1.165, 1.54) is 0 Å². The second-order valence-electron chi connectivity index (χ2n) is 7.61. The summed E-state index contributed by atoms with van der Waals surface area (Å²) in [7, 11) is 0. The molecule has 1 aliphatic rings. The van der Waals surface area contributed by atoms with E-state index >= 15 is 0 Å². The minimum Gasteiger partial charge on any atom is -0.368 e. The summed E-state index contributed by atoms with van der Waals surface area (Å²) < 4.78 is 0. The molecule has 5 heteroatoms. The van der Waals surface area contributed by atoms with Gasteiger partial charge in [0.1, 0.15) is 0 Å². The molecule has 30 heavy (non-hydrogen) atoms. The van der Waals surface area contributed by atoms with E-state index in [0.717, 1.165) is 56.0 Å². The van der Waals surface area contributed by atoms with Crippen LogP contribution < -0.4 is 10.2 Å². The average Bonchev–Trinajstić information content (AvgIpc) is 2.80. The Morgan fingerprint density at radius 1 is 0.933 bits per heavy atom. The van der Waals surface area contributed by atoms with Gasteiger partial charge < -0.3 is 15.1 Å². The van der Waals surface area contributed by atoms with Gasteiger partial charge >= 0.3 is 0 Å². The van der Waals surface area contributed by atoms with E-state index < -0.39 is 0 Å². The van der Waals surface area contributed by atoms with E-state index in [0.29, 0.717) is 5.91 Å². The lowest BCUT2D eigenvalue weighted by Gasteiger charge is -2.37. The van der Waals surface area contributed by atoms with Gasteiger partial charge in [-0.25, -0.2) is 0 Å². The Bertz CT molecular complexity index is 850. The summed E-state index contributed by atoms with van der Waals surface area (Å²) in [6.45, 7) is 7.35. The summed E-state index contributed by atoms with van der Waals surface area (Å²) in [5.41, 5.74) is 2.87. The second kappa shape index (κ2) is 10.6. The van der Waals surface area contributed by atoms with Crippen molar-refractivity contribution < 1.29 is 9.59 Å². The summed E-state index contributed by atoms with van der Waals surface area (Å²) in [4.78, 5) is 29.0. The Balaban J connectivity index is 1.51. The van der Waals surface area contributed by atoms with E-state index in [1.54, 1.807) is 12.2 Å². The van der Waals surface area contributed by atoms with Crippen LogP contribution in [0, 0.1) is 5.92 Å². The van der Waals surface area contributed by atoms with Crippen LogP contribution >= 0.6 is 0 Å². The summed E-state index contributed by atoms with van der Waals surface area (Å²) in [6, 6.07) is 17.6.